The smallest absolute Gasteiger partial charge is 0.191 e. The summed E-state index contributed by atoms with van der Waals surface area (Å²) in [5.74, 6) is 0.696. The Morgan fingerprint density at radius 3 is 2.67 bits per heavy atom. The van der Waals surface area contributed by atoms with Crippen molar-refractivity contribution in [3.63, 3.8) is 0 Å². The lowest BCUT2D eigenvalue weighted by Gasteiger charge is -2.30. The molecule has 5 nitrogen and oxygen atoms in total. The zero-order valence-corrected chi connectivity index (χ0v) is 13.5. The fourth-order valence-corrected chi connectivity index (χ4v) is 2.40. The minimum atomic E-state index is 0. The maximum Gasteiger partial charge on any atom is 0.191 e. The number of rotatable bonds is 2. The van der Waals surface area contributed by atoms with Crippen molar-refractivity contribution >= 4 is 29.9 Å². The van der Waals surface area contributed by atoms with Crippen LogP contribution in [0.25, 0.3) is 0 Å². The van der Waals surface area contributed by atoms with Gasteiger partial charge in [-0.1, -0.05) is 0 Å². The Kier molecular flexibility index (Phi) is 7.25. The van der Waals surface area contributed by atoms with Gasteiger partial charge in [-0.05, 0) is 26.3 Å². The summed E-state index contributed by atoms with van der Waals surface area (Å²) in [5.41, 5.74) is 6.01. The van der Waals surface area contributed by atoms with E-state index in [2.05, 4.69) is 21.8 Å². The second-order valence-electron chi connectivity index (χ2n) is 5.00. The molecular weight excluding hydrogens is 343 g/mol. The van der Waals surface area contributed by atoms with E-state index in [1.807, 2.05) is 0 Å². The molecule has 0 saturated carbocycles. The Morgan fingerprint density at radius 1 is 1.28 bits per heavy atom. The van der Waals surface area contributed by atoms with Gasteiger partial charge in [0.2, 0.25) is 0 Å². The highest BCUT2D eigenvalue weighted by Gasteiger charge is 2.18. The van der Waals surface area contributed by atoms with Crippen LogP contribution in [0.2, 0.25) is 0 Å². The van der Waals surface area contributed by atoms with Crippen LogP contribution >= 0.6 is 24.0 Å². The van der Waals surface area contributed by atoms with Crippen molar-refractivity contribution in [2.75, 3.05) is 46.4 Å². The van der Waals surface area contributed by atoms with Crippen LogP contribution < -0.4 is 5.73 Å². The second-order valence-corrected chi connectivity index (χ2v) is 5.00. The first-order valence-electron chi connectivity index (χ1n) is 6.61. The summed E-state index contributed by atoms with van der Waals surface area (Å²) in [6.07, 6.45) is 4.00. The highest BCUT2D eigenvalue weighted by molar-refractivity contribution is 14.0. The van der Waals surface area contributed by atoms with Gasteiger partial charge in [0, 0.05) is 26.2 Å². The zero-order chi connectivity index (χ0) is 12.1. The Hall–Kier alpha value is -0.0800. The third kappa shape index (κ3) is 4.89. The molecule has 2 aliphatic heterocycles. The second kappa shape index (κ2) is 8.16. The summed E-state index contributed by atoms with van der Waals surface area (Å²) >= 11 is 0. The summed E-state index contributed by atoms with van der Waals surface area (Å²) in [5, 5.41) is 0. The molecule has 18 heavy (non-hydrogen) atoms. The average Bonchev–Trinajstić information content (AvgIpc) is 2.37. The van der Waals surface area contributed by atoms with Crippen molar-refractivity contribution in [3.8, 4) is 0 Å². The van der Waals surface area contributed by atoms with Crippen LogP contribution in [0.15, 0.2) is 4.99 Å². The van der Waals surface area contributed by atoms with Crippen molar-refractivity contribution in [1.29, 1.82) is 0 Å². The number of guanidine groups is 1. The maximum atomic E-state index is 6.01. The first kappa shape index (κ1) is 16.0. The fourth-order valence-electron chi connectivity index (χ4n) is 2.40. The molecule has 0 aromatic heterocycles. The van der Waals surface area contributed by atoms with Gasteiger partial charge in [0.05, 0.1) is 19.3 Å². The molecule has 0 aliphatic carbocycles. The molecule has 2 aliphatic rings. The van der Waals surface area contributed by atoms with Gasteiger partial charge in [0.1, 0.15) is 0 Å². The number of piperidine rings is 1. The van der Waals surface area contributed by atoms with Crippen LogP contribution in [0.4, 0.5) is 0 Å². The summed E-state index contributed by atoms with van der Waals surface area (Å²) in [7, 11) is 2.12. The summed E-state index contributed by atoms with van der Waals surface area (Å²) in [6.45, 7) is 5.58. The molecule has 0 bridgehead atoms. The zero-order valence-electron chi connectivity index (χ0n) is 11.2. The van der Waals surface area contributed by atoms with Crippen molar-refractivity contribution < 1.29 is 4.74 Å². The lowest BCUT2D eigenvalue weighted by molar-refractivity contribution is -0.0137. The van der Waals surface area contributed by atoms with Crippen LogP contribution in [-0.2, 0) is 4.74 Å². The fraction of sp³-hybridized carbons (Fsp3) is 0.917. The van der Waals surface area contributed by atoms with Crippen molar-refractivity contribution in [2.45, 2.75) is 25.4 Å². The molecule has 0 aromatic rings. The van der Waals surface area contributed by atoms with Crippen LogP contribution in [-0.4, -0.2) is 68.2 Å². The van der Waals surface area contributed by atoms with Gasteiger partial charge >= 0.3 is 0 Å². The third-order valence-corrected chi connectivity index (χ3v) is 3.48. The lowest BCUT2D eigenvalue weighted by atomic mass is 10.1. The lowest BCUT2D eigenvalue weighted by Crippen LogP contribution is -2.44. The van der Waals surface area contributed by atoms with E-state index in [9.17, 15) is 0 Å². The Morgan fingerprint density at radius 2 is 2.00 bits per heavy atom. The quantitative estimate of drug-likeness (QED) is 0.444. The molecule has 6 heteroatoms. The average molecular weight is 368 g/mol. The Bertz CT molecular complexity index is 269. The molecule has 2 heterocycles. The number of hydrogen-bond donors (Lipinski definition) is 1. The molecule has 0 spiro atoms. The molecule has 2 saturated heterocycles. The third-order valence-electron chi connectivity index (χ3n) is 3.48. The predicted molar refractivity (Wildman–Crippen MR) is 84.6 cm³/mol. The van der Waals surface area contributed by atoms with Gasteiger partial charge in [-0.2, -0.15) is 0 Å². The monoisotopic (exact) mass is 368 g/mol. The Balaban J connectivity index is 0.00000162. The van der Waals surface area contributed by atoms with E-state index in [0.717, 1.165) is 32.8 Å². The molecule has 0 aromatic carbocycles. The topological polar surface area (TPSA) is 54.1 Å². The van der Waals surface area contributed by atoms with E-state index in [1.165, 1.54) is 19.3 Å². The van der Waals surface area contributed by atoms with E-state index in [-0.39, 0.29) is 30.1 Å². The largest absolute Gasteiger partial charge is 0.374 e. The summed E-state index contributed by atoms with van der Waals surface area (Å²) in [4.78, 5) is 8.94. The molecule has 1 unspecified atom stereocenters. The molecular formula is C12H25IN4O. The number of halogens is 1. The van der Waals surface area contributed by atoms with Crippen LogP contribution in [0.3, 0.4) is 0 Å². The normalized spacial score (nSPS) is 26.8. The first-order chi connectivity index (χ1) is 8.25. The van der Waals surface area contributed by atoms with Crippen molar-refractivity contribution in [2.24, 2.45) is 10.7 Å². The van der Waals surface area contributed by atoms with Crippen LogP contribution in [0.5, 0.6) is 0 Å². The van der Waals surface area contributed by atoms with Crippen LogP contribution in [0.1, 0.15) is 19.3 Å². The molecule has 2 N–H and O–H groups in total. The summed E-state index contributed by atoms with van der Waals surface area (Å²) in [6, 6.07) is 0. The highest BCUT2D eigenvalue weighted by atomic mass is 127. The van der Waals surface area contributed by atoms with E-state index in [0.29, 0.717) is 12.5 Å². The molecule has 0 amide bonds. The minimum absolute atomic E-state index is 0. The number of ether oxygens (including phenoxy) is 1. The van der Waals surface area contributed by atoms with Crippen LogP contribution in [0, 0.1) is 0 Å². The number of likely N-dealkylation sites (N-methyl/N-ethyl adjacent to an activating group) is 1. The summed E-state index contributed by atoms with van der Waals surface area (Å²) < 4.78 is 5.66. The maximum absolute atomic E-state index is 6.01. The van der Waals surface area contributed by atoms with Gasteiger partial charge in [-0.3, -0.25) is 4.99 Å². The SMILES string of the molecule is CN1CCOC(CN=C(N)N2CCCCC2)C1.I. The number of aliphatic imine (C=N–C) groups is 1. The van der Waals surface area contributed by atoms with E-state index in [1.54, 1.807) is 0 Å². The molecule has 1 atom stereocenters. The molecule has 2 fully saturated rings. The minimum Gasteiger partial charge on any atom is -0.374 e. The van der Waals surface area contributed by atoms with E-state index in [4.69, 9.17) is 10.5 Å². The van der Waals surface area contributed by atoms with Gasteiger partial charge in [0.25, 0.3) is 0 Å². The van der Waals surface area contributed by atoms with Crippen molar-refractivity contribution in [3.05, 3.63) is 0 Å². The van der Waals surface area contributed by atoms with Crippen molar-refractivity contribution in [1.82, 2.24) is 9.80 Å². The van der Waals surface area contributed by atoms with Gasteiger partial charge in [0.15, 0.2) is 5.96 Å². The standard InChI is InChI=1S/C12H24N4O.HI/c1-15-7-8-17-11(10-15)9-14-12(13)16-5-3-2-4-6-16;/h11H,2-10H2,1H3,(H2,13,14);1H. The number of morpholine rings is 1. The van der Waals surface area contributed by atoms with E-state index >= 15 is 0 Å². The van der Waals surface area contributed by atoms with Gasteiger partial charge < -0.3 is 20.3 Å². The Labute approximate surface area is 127 Å². The number of hydrogen-bond acceptors (Lipinski definition) is 3. The highest BCUT2D eigenvalue weighted by Crippen LogP contribution is 2.08. The number of likely N-dealkylation sites (tertiary alicyclic amines) is 1. The van der Waals surface area contributed by atoms with Gasteiger partial charge in [-0.25, -0.2) is 0 Å². The molecule has 2 rings (SSSR count). The molecule has 106 valence electrons. The number of nitrogens with two attached hydrogens (primary N) is 1. The predicted octanol–water partition coefficient (Wildman–Crippen LogP) is 0.736. The number of nitrogens with zero attached hydrogens (tertiary/aromatic N) is 3. The van der Waals surface area contributed by atoms with Gasteiger partial charge in [-0.15, -0.1) is 24.0 Å². The van der Waals surface area contributed by atoms with E-state index < -0.39 is 0 Å². The molecule has 0 radical (unpaired) electrons. The first-order valence-corrected chi connectivity index (χ1v) is 6.61.